The van der Waals surface area contributed by atoms with E-state index >= 15 is 0 Å². The van der Waals surface area contributed by atoms with Crippen molar-refractivity contribution in [2.24, 2.45) is 5.14 Å². The largest absolute Gasteiger partial charge is 0.448 e. The van der Waals surface area contributed by atoms with E-state index in [1.807, 2.05) is 47.4 Å². The first-order chi connectivity index (χ1) is 17.9. The fourth-order valence-electron chi connectivity index (χ4n) is 3.86. The van der Waals surface area contributed by atoms with Crippen LogP contribution in [0.4, 0.5) is 4.79 Å². The molecule has 1 amide bonds. The summed E-state index contributed by atoms with van der Waals surface area (Å²) in [5, 5.41) is 5.26. The molecule has 10 nitrogen and oxygen atoms in total. The van der Waals surface area contributed by atoms with E-state index in [1.54, 1.807) is 12.1 Å². The summed E-state index contributed by atoms with van der Waals surface area (Å²) in [6.45, 7) is 3.72. The quantitative estimate of drug-likeness (QED) is 0.323. The van der Waals surface area contributed by atoms with Crippen molar-refractivity contribution < 1.29 is 26.4 Å². The number of nitrogens with zero attached hydrogens (tertiary/aromatic N) is 2. The van der Waals surface area contributed by atoms with Gasteiger partial charge in [-0.25, -0.2) is 36.5 Å². The fraction of sp³-hybridized carbons (Fsp3) is 0.200. The van der Waals surface area contributed by atoms with E-state index in [-0.39, 0.29) is 21.4 Å². The summed E-state index contributed by atoms with van der Waals surface area (Å²) in [7, 11) is -8.03. The van der Waals surface area contributed by atoms with Crippen LogP contribution in [0.3, 0.4) is 0 Å². The molecule has 0 atom stereocenters. The molecule has 4 aromatic rings. The first-order valence-corrected chi connectivity index (χ1v) is 14.9. The molecule has 0 spiro atoms. The van der Waals surface area contributed by atoms with Gasteiger partial charge in [0.1, 0.15) is 10.7 Å². The molecule has 0 saturated carbocycles. The SMILES string of the molecule is CCc1nc2cc(S(N)(=O)=O)c(Cl)cc2n1-c1ccc(CCOC(=O)NS(=O)(=O)c2ccc(C)cc2)cc1. The zero-order chi connectivity index (χ0) is 27.7. The number of ether oxygens (including phenoxy) is 1. The predicted octanol–water partition coefficient (Wildman–Crippen LogP) is 3.85. The van der Waals surface area contributed by atoms with Gasteiger partial charge in [0.25, 0.3) is 10.0 Å². The lowest BCUT2D eigenvalue weighted by molar-refractivity contribution is 0.154. The van der Waals surface area contributed by atoms with Gasteiger partial charge in [-0.05, 0) is 48.9 Å². The molecule has 3 aromatic carbocycles. The number of hydrogen-bond donors (Lipinski definition) is 2. The van der Waals surface area contributed by atoms with Crippen molar-refractivity contribution in [2.45, 2.75) is 36.5 Å². The number of aromatic nitrogens is 2. The Bertz CT molecular complexity index is 1720. The molecule has 0 aliphatic rings. The van der Waals surface area contributed by atoms with Gasteiger partial charge in [-0.3, -0.25) is 4.57 Å². The highest BCUT2D eigenvalue weighted by atomic mass is 35.5. The summed E-state index contributed by atoms with van der Waals surface area (Å²) in [4.78, 5) is 16.3. The third kappa shape index (κ3) is 5.99. The Kier molecular flexibility index (Phi) is 7.79. The van der Waals surface area contributed by atoms with Crippen LogP contribution in [-0.2, 0) is 37.6 Å². The van der Waals surface area contributed by atoms with E-state index in [9.17, 15) is 21.6 Å². The van der Waals surface area contributed by atoms with Gasteiger partial charge in [0.05, 0.1) is 27.6 Å². The Balaban J connectivity index is 1.45. The normalized spacial score (nSPS) is 12.0. The number of fused-ring (bicyclic) bond motifs is 1. The maximum atomic E-state index is 12.3. The number of benzene rings is 3. The average molecular weight is 577 g/mol. The van der Waals surface area contributed by atoms with Gasteiger partial charge in [-0.15, -0.1) is 0 Å². The van der Waals surface area contributed by atoms with Crippen LogP contribution in [0.25, 0.3) is 16.7 Å². The van der Waals surface area contributed by atoms with Gasteiger partial charge in [0.2, 0.25) is 10.0 Å². The van der Waals surface area contributed by atoms with Crippen molar-refractivity contribution >= 4 is 48.8 Å². The molecule has 3 N–H and O–H groups in total. The molecule has 0 bridgehead atoms. The Labute approximate surface area is 225 Å². The Morgan fingerprint density at radius 1 is 1.05 bits per heavy atom. The van der Waals surface area contributed by atoms with Crippen LogP contribution in [0.5, 0.6) is 0 Å². The number of nitrogens with one attached hydrogen (secondary N) is 1. The lowest BCUT2D eigenvalue weighted by Gasteiger charge is -2.11. The van der Waals surface area contributed by atoms with Gasteiger partial charge in [0, 0.05) is 18.5 Å². The van der Waals surface area contributed by atoms with Crippen LogP contribution in [0.1, 0.15) is 23.9 Å². The summed E-state index contributed by atoms with van der Waals surface area (Å²) in [5.74, 6) is 0.699. The van der Waals surface area contributed by atoms with E-state index in [0.29, 0.717) is 29.7 Å². The number of halogens is 1. The predicted molar refractivity (Wildman–Crippen MR) is 143 cm³/mol. The molecule has 0 aliphatic heterocycles. The standard InChI is InChI=1S/C25H25ClN4O6S2/c1-3-24-28-21-15-23(37(27,32)33)20(26)14-22(21)30(24)18-8-6-17(7-9-18)12-13-36-25(31)29-38(34,35)19-10-4-16(2)5-11-19/h4-11,14-15H,3,12-13H2,1-2H3,(H,29,31)(H2,27,32,33). The molecule has 0 aliphatic carbocycles. The highest BCUT2D eigenvalue weighted by Gasteiger charge is 2.20. The van der Waals surface area contributed by atoms with Crippen molar-refractivity contribution in [2.75, 3.05) is 6.61 Å². The molecule has 4 rings (SSSR count). The molecule has 13 heteroatoms. The first-order valence-electron chi connectivity index (χ1n) is 11.5. The van der Waals surface area contributed by atoms with E-state index < -0.39 is 26.1 Å². The molecule has 0 fully saturated rings. The zero-order valence-electron chi connectivity index (χ0n) is 20.5. The van der Waals surface area contributed by atoms with E-state index in [0.717, 1.165) is 16.8 Å². The lowest BCUT2D eigenvalue weighted by Crippen LogP contribution is -2.31. The number of rotatable bonds is 8. The summed E-state index contributed by atoms with van der Waals surface area (Å²) in [6.07, 6.45) is -0.129. The molecule has 0 radical (unpaired) electrons. The van der Waals surface area contributed by atoms with Gasteiger partial charge in [-0.2, -0.15) is 0 Å². The molecular weight excluding hydrogens is 552 g/mol. The minimum atomic E-state index is -4.02. The van der Waals surface area contributed by atoms with E-state index in [4.69, 9.17) is 21.5 Å². The summed E-state index contributed by atoms with van der Waals surface area (Å²) in [5.41, 5.74) is 3.58. The lowest BCUT2D eigenvalue weighted by atomic mass is 10.1. The number of amides is 1. The Hall–Kier alpha value is -3.45. The Morgan fingerprint density at radius 2 is 1.71 bits per heavy atom. The smallest absolute Gasteiger partial charge is 0.421 e. The summed E-state index contributed by atoms with van der Waals surface area (Å²) < 4.78 is 57.1. The van der Waals surface area contributed by atoms with Crippen LogP contribution < -0.4 is 9.86 Å². The maximum Gasteiger partial charge on any atom is 0.421 e. The number of hydrogen-bond acceptors (Lipinski definition) is 7. The highest BCUT2D eigenvalue weighted by Crippen LogP contribution is 2.30. The molecular formula is C25H25ClN4O6S2. The summed E-state index contributed by atoms with van der Waals surface area (Å²) >= 11 is 6.20. The number of aryl methyl sites for hydroxylation is 2. The number of nitrogens with two attached hydrogens (primary N) is 1. The third-order valence-corrected chi connectivity index (χ3v) is 8.47. The Morgan fingerprint density at radius 3 is 2.32 bits per heavy atom. The van der Waals surface area contributed by atoms with Gasteiger partial charge < -0.3 is 4.74 Å². The second-order valence-electron chi connectivity index (χ2n) is 8.50. The minimum Gasteiger partial charge on any atom is -0.448 e. The third-order valence-electron chi connectivity index (χ3n) is 5.77. The highest BCUT2D eigenvalue weighted by molar-refractivity contribution is 7.90. The average Bonchev–Trinajstić information content (AvgIpc) is 3.20. The molecule has 0 saturated heterocycles. The second-order valence-corrected chi connectivity index (χ2v) is 12.1. The van der Waals surface area contributed by atoms with Crippen molar-refractivity contribution in [1.29, 1.82) is 0 Å². The van der Waals surface area contributed by atoms with Crippen molar-refractivity contribution in [3.8, 4) is 5.69 Å². The number of primary sulfonamides is 1. The molecule has 1 heterocycles. The van der Waals surface area contributed by atoms with Crippen molar-refractivity contribution in [3.63, 3.8) is 0 Å². The van der Waals surface area contributed by atoms with Crippen LogP contribution in [0.15, 0.2) is 70.5 Å². The topological polar surface area (TPSA) is 150 Å². The van der Waals surface area contributed by atoms with Crippen LogP contribution in [0, 0.1) is 6.92 Å². The van der Waals surface area contributed by atoms with Gasteiger partial charge in [-0.1, -0.05) is 48.4 Å². The number of imidazole rings is 1. The summed E-state index contributed by atoms with van der Waals surface area (Å²) in [6, 6.07) is 16.3. The molecule has 0 unspecified atom stereocenters. The van der Waals surface area contributed by atoms with E-state index in [1.165, 1.54) is 24.3 Å². The second kappa shape index (κ2) is 10.7. The van der Waals surface area contributed by atoms with Crippen molar-refractivity contribution in [3.05, 3.63) is 82.6 Å². The fourth-order valence-corrected chi connectivity index (χ4v) is 5.84. The number of carbonyl (C=O) groups excluding carboxylic acids is 1. The van der Waals surface area contributed by atoms with Crippen molar-refractivity contribution in [1.82, 2.24) is 14.3 Å². The molecule has 38 heavy (non-hydrogen) atoms. The van der Waals surface area contributed by atoms with Crippen LogP contribution >= 0.6 is 11.6 Å². The van der Waals surface area contributed by atoms with Gasteiger partial charge in [0.15, 0.2) is 0 Å². The molecule has 1 aromatic heterocycles. The maximum absolute atomic E-state index is 12.3. The minimum absolute atomic E-state index is 0.000223. The van der Waals surface area contributed by atoms with E-state index in [2.05, 4.69) is 4.98 Å². The number of carbonyl (C=O) groups is 1. The monoisotopic (exact) mass is 576 g/mol. The van der Waals surface area contributed by atoms with Crippen LogP contribution in [0.2, 0.25) is 5.02 Å². The van der Waals surface area contributed by atoms with Gasteiger partial charge >= 0.3 is 6.09 Å². The molecule has 200 valence electrons. The zero-order valence-corrected chi connectivity index (χ0v) is 22.9. The first kappa shape index (κ1) is 27.6. The number of sulfonamides is 2. The van der Waals surface area contributed by atoms with Crippen LogP contribution in [-0.4, -0.2) is 39.1 Å².